The molecule has 3 heterocycles. The highest BCUT2D eigenvalue weighted by Crippen LogP contribution is 2.27. The molecule has 21 heavy (non-hydrogen) atoms. The summed E-state index contributed by atoms with van der Waals surface area (Å²) in [7, 11) is 0. The van der Waals surface area contributed by atoms with Crippen LogP contribution in [0.2, 0.25) is 0 Å². The second-order valence-corrected chi connectivity index (χ2v) is 5.61. The average molecular weight is 277 g/mol. The Morgan fingerprint density at radius 3 is 2.90 bits per heavy atom. The first-order valence-electron chi connectivity index (χ1n) is 7.63. The lowest BCUT2D eigenvalue weighted by Crippen LogP contribution is -2.25. The van der Waals surface area contributed by atoms with E-state index in [-0.39, 0.29) is 0 Å². The van der Waals surface area contributed by atoms with Crippen molar-refractivity contribution in [3.8, 4) is 0 Å². The van der Waals surface area contributed by atoms with Gasteiger partial charge in [-0.25, -0.2) is 0 Å². The molecule has 0 saturated carbocycles. The predicted octanol–water partition coefficient (Wildman–Crippen LogP) is 2.92. The minimum atomic E-state index is 0.946. The monoisotopic (exact) mass is 277 g/mol. The molecule has 0 fully saturated rings. The lowest BCUT2D eigenvalue weighted by atomic mass is 10.1. The van der Waals surface area contributed by atoms with Gasteiger partial charge < -0.3 is 9.88 Å². The second-order valence-electron chi connectivity index (χ2n) is 5.61. The van der Waals surface area contributed by atoms with Gasteiger partial charge in [0.15, 0.2) is 0 Å². The van der Waals surface area contributed by atoms with Crippen molar-refractivity contribution < 1.29 is 0 Å². The van der Waals surface area contributed by atoms with Gasteiger partial charge in [-0.2, -0.15) is 0 Å². The smallest absolute Gasteiger partial charge is 0.0928 e. The van der Waals surface area contributed by atoms with Crippen molar-refractivity contribution >= 4 is 11.0 Å². The first-order chi connectivity index (χ1) is 10.4. The third kappa shape index (κ3) is 2.24. The lowest BCUT2D eigenvalue weighted by Gasteiger charge is -2.17. The molecular formula is C18H19N3. The van der Waals surface area contributed by atoms with Crippen LogP contribution in [0, 0.1) is 0 Å². The number of rotatable bonds is 3. The predicted molar refractivity (Wildman–Crippen MR) is 85.3 cm³/mol. The van der Waals surface area contributed by atoms with Gasteiger partial charge in [-0.05, 0) is 24.1 Å². The lowest BCUT2D eigenvalue weighted by molar-refractivity contribution is 0.594. The molecular weight excluding hydrogens is 258 g/mol. The summed E-state index contributed by atoms with van der Waals surface area (Å²) in [4.78, 5) is 4.61. The van der Waals surface area contributed by atoms with E-state index in [0.29, 0.717) is 0 Å². The molecule has 3 aromatic rings. The van der Waals surface area contributed by atoms with Crippen molar-refractivity contribution in [2.75, 3.05) is 6.54 Å². The Morgan fingerprint density at radius 2 is 2.00 bits per heavy atom. The van der Waals surface area contributed by atoms with Crippen LogP contribution in [0.1, 0.15) is 16.8 Å². The summed E-state index contributed by atoms with van der Waals surface area (Å²) in [5.41, 5.74) is 6.71. The zero-order chi connectivity index (χ0) is 14.1. The summed E-state index contributed by atoms with van der Waals surface area (Å²) >= 11 is 0. The van der Waals surface area contributed by atoms with Gasteiger partial charge in [-0.3, -0.25) is 4.98 Å². The maximum Gasteiger partial charge on any atom is 0.0928 e. The van der Waals surface area contributed by atoms with Crippen LogP contribution in [0.15, 0.2) is 48.7 Å². The Balaban J connectivity index is 1.74. The molecule has 106 valence electrons. The maximum absolute atomic E-state index is 4.61. The number of hydrogen-bond donors (Lipinski definition) is 1. The van der Waals surface area contributed by atoms with Crippen LogP contribution in [-0.4, -0.2) is 16.1 Å². The number of benzene rings is 1. The summed E-state index contributed by atoms with van der Waals surface area (Å²) in [5, 5.41) is 3.47. The Kier molecular flexibility index (Phi) is 3.20. The minimum Gasteiger partial charge on any atom is -0.343 e. The molecule has 1 aliphatic rings. The van der Waals surface area contributed by atoms with Crippen molar-refractivity contribution in [2.24, 2.45) is 0 Å². The molecule has 0 amide bonds. The van der Waals surface area contributed by atoms with Crippen LogP contribution in [0.4, 0.5) is 0 Å². The van der Waals surface area contributed by atoms with Crippen LogP contribution in [0.5, 0.6) is 0 Å². The van der Waals surface area contributed by atoms with Crippen molar-refractivity contribution in [3.63, 3.8) is 0 Å². The van der Waals surface area contributed by atoms with E-state index in [4.69, 9.17) is 0 Å². The van der Waals surface area contributed by atoms with Crippen molar-refractivity contribution in [1.29, 1.82) is 0 Å². The molecule has 4 rings (SSSR count). The van der Waals surface area contributed by atoms with E-state index in [1.54, 1.807) is 0 Å². The van der Waals surface area contributed by atoms with Gasteiger partial charge in [0, 0.05) is 43.5 Å². The third-order valence-electron chi connectivity index (χ3n) is 4.34. The average Bonchev–Trinajstić information content (AvgIpc) is 2.88. The zero-order valence-corrected chi connectivity index (χ0v) is 12.0. The van der Waals surface area contributed by atoms with E-state index in [0.717, 1.165) is 32.5 Å². The number of fused-ring (bicyclic) bond motifs is 3. The SMILES string of the molecule is c1ccc(CCn2c3c(c4ncccc42)CNCC3)cc1. The van der Waals surface area contributed by atoms with Gasteiger partial charge >= 0.3 is 0 Å². The number of aryl methyl sites for hydroxylation is 2. The van der Waals surface area contributed by atoms with Gasteiger partial charge in [-0.15, -0.1) is 0 Å². The molecule has 2 aromatic heterocycles. The molecule has 0 aliphatic carbocycles. The van der Waals surface area contributed by atoms with E-state index in [9.17, 15) is 0 Å². The Labute approximate surface area is 124 Å². The highest BCUT2D eigenvalue weighted by molar-refractivity contribution is 5.81. The molecule has 3 nitrogen and oxygen atoms in total. The molecule has 0 radical (unpaired) electrons. The van der Waals surface area contributed by atoms with Gasteiger partial charge in [0.05, 0.1) is 11.0 Å². The number of nitrogens with zero attached hydrogens (tertiary/aromatic N) is 2. The van der Waals surface area contributed by atoms with Crippen LogP contribution >= 0.6 is 0 Å². The van der Waals surface area contributed by atoms with Gasteiger partial charge in [0.1, 0.15) is 0 Å². The van der Waals surface area contributed by atoms with E-state index in [1.807, 2.05) is 12.3 Å². The summed E-state index contributed by atoms with van der Waals surface area (Å²) < 4.78 is 2.48. The van der Waals surface area contributed by atoms with E-state index in [1.165, 1.54) is 27.9 Å². The highest BCUT2D eigenvalue weighted by atomic mass is 15.0. The summed E-state index contributed by atoms with van der Waals surface area (Å²) in [6, 6.07) is 15.0. The molecule has 0 bridgehead atoms. The fourth-order valence-corrected chi connectivity index (χ4v) is 3.32. The first kappa shape index (κ1) is 12.6. The quantitative estimate of drug-likeness (QED) is 0.797. The van der Waals surface area contributed by atoms with Crippen LogP contribution in [-0.2, 0) is 25.9 Å². The van der Waals surface area contributed by atoms with Gasteiger partial charge in [0.2, 0.25) is 0 Å². The second kappa shape index (κ2) is 5.34. The number of hydrogen-bond acceptors (Lipinski definition) is 2. The largest absolute Gasteiger partial charge is 0.343 e. The zero-order valence-electron chi connectivity index (χ0n) is 12.0. The number of nitrogens with one attached hydrogen (secondary N) is 1. The Morgan fingerprint density at radius 1 is 1.10 bits per heavy atom. The van der Waals surface area contributed by atoms with Crippen molar-refractivity contribution in [3.05, 3.63) is 65.5 Å². The van der Waals surface area contributed by atoms with Crippen LogP contribution < -0.4 is 5.32 Å². The van der Waals surface area contributed by atoms with Crippen LogP contribution in [0.25, 0.3) is 11.0 Å². The molecule has 3 heteroatoms. The molecule has 0 unspecified atom stereocenters. The third-order valence-corrected chi connectivity index (χ3v) is 4.34. The normalized spacial score (nSPS) is 14.3. The molecule has 0 spiro atoms. The summed E-state index contributed by atoms with van der Waals surface area (Å²) in [6.07, 6.45) is 4.07. The standard InChI is InChI=1S/C18H19N3/c1-2-5-14(6-3-1)9-12-21-16-8-11-19-13-15(16)18-17(21)7-4-10-20-18/h1-7,10,19H,8-9,11-13H2. The number of aromatic nitrogens is 2. The summed E-state index contributed by atoms with van der Waals surface area (Å²) in [6.45, 7) is 3.04. The molecule has 0 atom stereocenters. The fraction of sp³-hybridized carbons (Fsp3) is 0.278. The minimum absolute atomic E-state index is 0.946. The van der Waals surface area contributed by atoms with Crippen LogP contribution in [0.3, 0.4) is 0 Å². The molecule has 1 N–H and O–H groups in total. The summed E-state index contributed by atoms with van der Waals surface area (Å²) in [5.74, 6) is 0. The Hall–Kier alpha value is -2.13. The molecule has 1 aliphatic heterocycles. The van der Waals surface area contributed by atoms with Crippen molar-refractivity contribution in [1.82, 2.24) is 14.9 Å². The Bertz CT molecular complexity index is 759. The van der Waals surface area contributed by atoms with Gasteiger partial charge in [0.25, 0.3) is 0 Å². The topological polar surface area (TPSA) is 29.9 Å². The van der Waals surface area contributed by atoms with Crippen molar-refractivity contribution in [2.45, 2.75) is 25.9 Å². The van der Waals surface area contributed by atoms with E-state index < -0.39 is 0 Å². The highest BCUT2D eigenvalue weighted by Gasteiger charge is 2.20. The first-order valence-corrected chi connectivity index (χ1v) is 7.63. The molecule has 1 aromatic carbocycles. The van der Waals surface area contributed by atoms with Gasteiger partial charge in [-0.1, -0.05) is 30.3 Å². The maximum atomic E-state index is 4.61. The molecule has 0 saturated heterocycles. The fourth-order valence-electron chi connectivity index (χ4n) is 3.32. The van der Waals surface area contributed by atoms with E-state index >= 15 is 0 Å². The number of pyridine rings is 1. The van der Waals surface area contributed by atoms with E-state index in [2.05, 4.69) is 51.3 Å².